The molecule has 5 nitrogen and oxygen atoms in total. The highest BCUT2D eigenvalue weighted by molar-refractivity contribution is 5.44. The summed E-state index contributed by atoms with van der Waals surface area (Å²) in [5.41, 5.74) is 2.36. The summed E-state index contributed by atoms with van der Waals surface area (Å²) >= 11 is 0. The van der Waals surface area contributed by atoms with Gasteiger partial charge >= 0.3 is 0 Å². The van der Waals surface area contributed by atoms with Gasteiger partial charge in [0.05, 0.1) is 13.7 Å². The monoisotopic (exact) mass is 341 g/mol. The summed E-state index contributed by atoms with van der Waals surface area (Å²) in [4.78, 5) is 7.06. The number of ether oxygens (including phenoxy) is 2. The predicted molar refractivity (Wildman–Crippen MR) is 99.3 cm³/mol. The second kappa shape index (κ2) is 8.83. The fraction of sp³-hybridized carbons (Fsp3) is 0.450. The lowest BCUT2D eigenvalue weighted by Gasteiger charge is -2.35. The van der Waals surface area contributed by atoms with Crippen molar-refractivity contribution in [2.45, 2.75) is 19.4 Å². The molecular weight excluding hydrogens is 314 g/mol. The third-order valence-electron chi connectivity index (χ3n) is 4.59. The van der Waals surface area contributed by atoms with Crippen molar-refractivity contribution in [1.82, 2.24) is 15.2 Å². The van der Waals surface area contributed by atoms with Crippen LogP contribution >= 0.6 is 0 Å². The number of pyridine rings is 1. The summed E-state index contributed by atoms with van der Waals surface area (Å²) in [6.07, 6.45) is 2.75. The smallest absolute Gasteiger partial charge is 0.161 e. The van der Waals surface area contributed by atoms with Gasteiger partial charge in [0, 0.05) is 50.5 Å². The Kier molecular flexibility index (Phi) is 6.25. The molecule has 0 aliphatic carbocycles. The standard InChI is InChI=1S/C20H27N3O2/c1-3-25-20-14-16(7-8-19(20)24-2)18(23-12-10-21-11-13-23)15-17-6-4-5-9-22-17/h4-9,14,18,21H,3,10-13,15H2,1-2H3. The van der Waals surface area contributed by atoms with Gasteiger partial charge in [-0.3, -0.25) is 9.88 Å². The van der Waals surface area contributed by atoms with Crippen LogP contribution in [0.25, 0.3) is 0 Å². The molecule has 1 N–H and O–H groups in total. The first-order chi connectivity index (χ1) is 12.3. The van der Waals surface area contributed by atoms with Gasteiger partial charge in [-0.25, -0.2) is 0 Å². The van der Waals surface area contributed by atoms with Crippen LogP contribution in [0.15, 0.2) is 42.6 Å². The van der Waals surface area contributed by atoms with E-state index in [4.69, 9.17) is 9.47 Å². The average Bonchev–Trinajstić information content (AvgIpc) is 2.68. The second-order valence-corrected chi connectivity index (χ2v) is 6.17. The van der Waals surface area contributed by atoms with Crippen molar-refractivity contribution in [3.63, 3.8) is 0 Å². The first-order valence-electron chi connectivity index (χ1n) is 8.97. The predicted octanol–water partition coefficient (Wildman–Crippen LogP) is 2.68. The highest BCUT2D eigenvalue weighted by Gasteiger charge is 2.24. The van der Waals surface area contributed by atoms with Gasteiger partial charge in [-0.15, -0.1) is 0 Å². The molecule has 2 aromatic rings. The molecule has 1 aromatic heterocycles. The Morgan fingerprint density at radius 1 is 1.16 bits per heavy atom. The second-order valence-electron chi connectivity index (χ2n) is 6.17. The zero-order valence-corrected chi connectivity index (χ0v) is 15.1. The van der Waals surface area contributed by atoms with E-state index < -0.39 is 0 Å². The molecule has 25 heavy (non-hydrogen) atoms. The van der Waals surface area contributed by atoms with E-state index in [1.54, 1.807) is 7.11 Å². The maximum absolute atomic E-state index is 5.78. The Bertz CT molecular complexity index is 657. The van der Waals surface area contributed by atoms with Crippen LogP contribution in [-0.4, -0.2) is 49.8 Å². The van der Waals surface area contributed by atoms with Crippen LogP contribution in [0.1, 0.15) is 24.2 Å². The van der Waals surface area contributed by atoms with Crippen molar-refractivity contribution in [3.05, 3.63) is 53.9 Å². The Labute approximate surface area is 150 Å². The van der Waals surface area contributed by atoms with E-state index in [0.717, 1.165) is 49.8 Å². The highest BCUT2D eigenvalue weighted by atomic mass is 16.5. The summed E-state index contributed by atoms with van der Waals surface area (Å²) in [6.45, 7) is 6.73. The van der Waals surface area contributed by atoms with Crippen LogP contribution in [0.2, 0.25) is 0 Å². The normalized spacial score (nSPS) is 16.4. The van der Waals surface area contributed by atoms with E-state index in [1.807, 2.05) is 25.3 Å². The van der Waals surface area contributed by atoms with Crippen LogP contribution in [0, 0.1) is 0 Å². The molecule has 1 aliphatic rings. The highest BCUT2D eigenvalue weighted by Crippen LogP contribution is 2.33. The molecule has 3 rings (SSSR count). The van der Waals surface area contributed by atoms with E-state index >= 15 is 0 Å². The Hall–Kier alpha value is -2.11. The molecule has 0 saturated carbocycles. The Morgan fingerprint density at radius 3 is 2.68 bits per heavy atom. The molecule has 1 saturated heterocycles. The average molecular weight is 341 g/mol. The Balaban J connectivity index is 1.91. The van der Waals surface area contributed by atoms with Gasteiger partial charge < -0.3 is 14.8 Å². The van der Waals surface area contributed by atoms with E-state index in [9.17, 15) is 0 Å². The summed E-state index contributed by atoms with van der Waals surface area (Å²) in [5, 5.41) is 3.43. The minimum absolute atomic E-state index is 0.280. The molecule has 0 amide bonds. The lowest BCUT2D eigenvalue weighted by molar-refractivity contribution is 0.171. The van der Waals surface area contributed by atoms with Gasteiger partial charge in [0.25, 0.3) is 0 Å². The maximum Gasteiger partial charge on any atom is 0.161 e. The molecule has 2 heterocycles. The fourth-order valence-electron chi connectivity index (χ4n) is 3.34. The van der Waals surface area contributed by atoms with Gasteiger partial charge in [0.2, 0.25) is 0 Å². The SMILES string of the molecule is CCOc1cc(C(Cc2ccccn2)N2CCNCC2)ccc1OC. The van der Waals surface area contributed by atoms with Gasteiger partial charge in [-0.1, -0.05) is 12.1 Å². The summed E-state index contributed by atoms with van der Waals surface area (Å²) < 4.78 is 11.2. The van der Waals surface area contributed by atoms with Gasteiger partial charge in [-0.2, -0.15) is 0 Å². The van der Waals surface area contributed by atoms with E-state index in [1.165, 1.54) is 5.56 Å². The first-order valence-corrected chi connectivity index (χ1v) is 8.97. The van der Waals surface area contributed by atoms with Gasteiger partial charge in [0.1, 0.15) is 0 Å². The minimum Gasteiger partial charge on any atom is -0.493 e. The molecule has 0 spiro atoms. The van der Waals surface area contributed by atoms with Gasteiger partial charge in [-0.05, 0) is 36.8 Å². The van der Waals surface area contributed by atoms with Crippen molar-refractivity contribution in [3.8, 4) is 11.5 Å². The van der Waals surface area contributed by atoms with E-state index in [2.05, 4.69) is 39.5 Å². The van der Waals surface area contributed by atoms with Gasteiger partial charge in [0.15, 0.2) is 11.5 Å². The molecule has 5 heteroatoms. The molecule has 1 fully saturated rings. The zero-order chi connectivity index (χ0) is 17.5. The van der Waals surface area contributed by atoms with Crippen molar-refractivity contribution in [1.29, 1.82) is 0 Å². The molecule has 1 aliphatic heterocycles. The lowest BCUT2D eigenvalue weighted by Crippen LogP contribution is -2.45. The van der Waals surface area contributed by atoms with Crippen LogP contribution in [0.4, 0.5) is 0 Å². The van der Waals surface area contributed by atoms with Crippen LogP contribution in [0.3, 0.4) is 0 Å². The summed E-state index contributed by atoms with van der Waals surface area (Å²) in [6, 6.07) is 12.7. The number of nitrogens with one attached hydrogen (secondary N) is 1. The number of piperazine rings is 1. The van der Waals surface area contributed by atoms with E-state index in [-0.39, 0.29) is 6.04 Å². The van der Waals surface area contributed by atoms with Crippen molar-refractivity contribution >= 4 is 0 Å². The number of methoxy groups -OCH3 is 1. The van der Waals surface area contributed by atoms with Crippen LogP contribution in [0.5, 0.6) is 11.5 Å². The summed E-state index contributed by atoms with van der Waals surface area (Å²) in [7, 11) is 1.68. The Morgan fingerprint density at radius 2 is 2.00 bits per heavy atom. The number of nitrogens with zero attached hydrogens (tertiary/aromatic N) is 2. The molecule has 0 radical (unpaired) electrons. The lowest BCUT2D eigenvalue weighted by atomic mass is 9.98. The number of hydrogen-bond donors (Lipinski definition) is 1. The molecule has 1 unspecified atom stereocenters. The molecule has 134 valence electrons. The van der Waals surface area contributed by atoms with Crippen molar-refractivity contribution < 1.29 is 9.47 Å². The minimum atomic E-state index is 0.280. The number of rotatable bonds is 7. The number of benzene rings is 1. The topological polar surface area (TPSA) is 46.6 Å². The van der Waals surface area contributed by atoms with E-state index in [0.29, 0.717) is 6.61 Å². The third-order valence-corrected chi connectivity index (χ3v) is 4.59. The molecular formula is C20H27N3O2. The zero-order valence-electron chi connectivity index (χ0n) is 15.1. The van der Waals surface area contributed by atoms with Crippen molar-refractivity contribution in [2.75, 3.05) is 39.9 Å². The number of aromatic nitrogens is 1. The fourth-order valence-corrected chi connectivity index (χ4v) is 3.34. The quantitative estimate of drug-likeness (QED) is 0.839. The van der Waals surface area contributed by atoms with Crippen molar-refractivity contribution in [2.24, 2.45) is 0 Å². The molecule has 1 atom stereocenters. The third kappa shape index (κ3) is 4.50. The summed E-state index contributed by atoms with van der Waals surface area (Å²) in [5.74, 6) is 1.59. The molecule has 0 bridgehead atoms. The van der Waals surface area contributed by atoms with Crippen LogP contribution < -0.4 is 14.8 Å². The first kappa shape index (κ1) is 17.7. The maximum atomic E-state index is 5.78. The number of hydrogen-bond acceptors (Lipinski definition) is 5. The van der Waals surface area contributed by atoms with Crippen LogP contribution in [-0.2, 0) is 6.42 Å². The largest absolute Gasteiger partial charge is 0.493 e. The molecule has 1 aromatic carbocycles.